The fourth-order valence-corrected chi connectivity index (χ4v) is 5.07. The topological polar surface area (TPSA) is 63.6 Å². The van der Waals surface area contributed by atoms with Crippen molar-refractivity contribution in [2.24, 2.45) is 0 Å². The summed E-state index contributed by atoms with van der Waals surface area (Å²) in [4.78, 5) is 16.4. The first-order valence-corrected chi connectivity index (χ1v) is 10.8. The van der Waals surface area contributed by atoms with Crippen molar-refractivity contribution in [1.29, 1.82) is 0 Å². The summed E-state index contributed by atoms with van der Waals surface area (Å²) in [6.45, 7) is 2.76. The van der Waals surface area contributed by atoms with Gasteiger partial charge in [0.2, 0.25) is 0 Å². The van der Waals surface area contributed by atoms with Crippen LogP contribution in [0.3, 0.4) is 0 Å². The number of hydrogen-bond acceptors (Lipinski definition) is 7. The van der Waals surface area contributed by atoms with Gasteiger partial charge in [0, 0.05) is 32.3 Å². The summed E-state index contributed by atoms with van der Waals surface area (Å²) in [5.41, 5.74) is -0.741. The fraction of sp³-hybridized carbons (Fsp3) is 0.650. The lowest BCUT2D eigenvalue weighted by Gasteiger charge is -2.30. The standard InChI is InChI=1S/C20H23ClF3N5O2/c21-16-14(22)15-13(9-25-16)17(28-4-2-7-30-8-6-28)27-18(26-15)31-12-19-3-1-5-29(19)11-20(23,24)10-19/h9H,1-8,10-12H2. The molecule has 31 heavy (non-hydrogen) atoms. The Labute approximate surface area is 182 Å². The van der Waals surface area contributed by atoms with Crippen LogP contribution >= 0.6 is 11.6 Å². The molecule has 0 spiro atoms. The van der Waals surface area contributed by atoms with E-state index in [-0.39, 0.29) is 36.3 Å². The van der Waals surface area contributed by atoms with E-state index in [1.54, 1.807) is 4.90 Å². The van der Waals surface area contributed by atoms with Crippen LogP contribution in [-0.2, 0) is 4.74 Å². The Morgan fingerprint density at radius 2 is 2.03 bits per heavy atom. The molecule has 3 aliphatic heterocycles. The molecule has 3 fully saturated rings. The predicted molar refractivity (Wildman–Crippen MR) is 109 cm³/mol. The summed E-state index contributed by atoms with van der Waals surface area (Å²) in [6, 6.07) is -0.0507. The van der Waals surface area contributed by atoms with Crippen LogP contribution < -0.4 is 9.64 Å². The highest BCUT2D eigenvalue weighted by atomic mass is 35.5. The molecular weight excluding hydrogens is 435 g/mol. The molecule has 1 atom stereocenters. The van der Waals surface area contributed by atoms with Crippen molar-refractivity contribution < 1.29 is 22.6 Å². The largest absolute Gasteiger partial charge is 0.461 e. The number of halogens is 4. The molecule has 0 amide bonds. The smallest absolute Gasteiger partial charge is 0.319 e. The second-order valence-corrected chi connectivity index (χ2v) is 8.84. The van der Waals surface area contributed by atoms with Gasteiger partial charge in [-0.1, -0.05) is 11.6 Å². The van der Waals surface area contributed by atoms with E-state index < -0.39 is 17.3 Å². The number of alkyl halides is 2. The SMILES string of the molecule is Fc1c(Cl)ncc2c(N3CCCOCC3)nc(OCC34CCCN3CC(F)(F)C4)nc12. The maximum Gasteiger partial charge on any atom is 0.319 e. The molecule has 3 saturated heterocycles. The summed E-state index contributed by atoms with van der Waals surface area (Å²) >= 11 is 5.88. The lowest BCUT2D eigenvalue weighted by Crippen LogP contribution is -2.43. The number of fused-ring (bicyclic) bond motifs is 2. The molecule has 11 heteroatoms. The van der Waals surface area contributed by atoms with Crippen LogP contribution in [0.5, 0.6) is 6.01 Å². The molecule has 2 aromatic rings. The minimum Gasteiger partial charge on any atom is -0.461 e. The van der Waals surface area contributed by atoms with Crippen LogP contribution in [-0.4, -0.2) is 77.3 Å². The van der Waals surface area contributed by atoms with Gasteiger partial charge in [0.15, 0.2) is 11.0 Å². The van der Waals surface area contributed by atoms with Crippen molar-refractivity contribution >= 4 is 28.3 Å². The van der Waals surface area contributed by atoms with Crippen LogP contribution in [0, 0.1) is 5.82 Å². The van der Waals surface area contributed by atoms with E-state index in [0.717, 1.165) is 12.8 Å². The van der Waals surface area contributed by atoms with Crippen LogP contribution in [0.1, 0.15) is 25.7 Å². The van der Waals surface area contributed by atoms with E-state index in [9.17, 15) is 13.2 Å². The zero-order valence-corrected chi connectivity index (χ0v) is 17.7. The first-order chi connectivity index (χ1) is 14.9. The number of rotatable bonds is 4. The summed E-state index contributed by atoms with van der Waals surface area (Å²) < 4.78 is 54.3. The molecule has 2 aromatic heterocycles. The molecule has 0 saturated carbocycles. The van der Waals surface area contributed by atoms with Crippen LogP contribution in [0.25, 0.3) is 10.9 Å². The molecule has 0 N–H and O–H groups in total. The van der Waals surface area contributed by atoms with E-state index >= 15 is 0 Å². The maximum absolute atomic E-state index is 14.8. The average molecular weight is 458 g/mol. The first-order valence-electron chi connectivity index (χ1n) is 10.5. The third-order valence-electron chi connectivity index (χ3n) is 6.34. The third kappa shape index (κ3) is 3.89. The Balaban J connectivity index is 1.49. The van der Waals surface area contributed by atoms with Gasteiger partial charge in [0.05, 0.1) is 24.1 Å². The van der Waals surface area contributed by atoms with Gasteiger partial charge in [-0.2, -0.15) is 9.97 Å². The maximum atomic E-state index is 14.8. The average Bonchev–Trinajstić information content (AvgIpc) is 3.06. The van der Waals surface area contributed by atoms with Crippen molar-refractivity contribution in [3.63, 3.8) is 0 Å². The Bertz CT molecular complexity index is 989. The second-order valence-electron chi connectivity index (χ2n) is 8.48. The van der Waals surface area contributed by atoms with Crippen molar-refractivity contribution in [3.05, 3.63) is 17.2 Å². The van der Waals surface area contributed by atoms with E-state index in [1.807, 2.05) is 4.90 Å². The molecule has 0 bridgehead atoms. The molecule has 3 aliphatic rings. The highest BCUT2D eigenvalue weighted by Crippen LogP contribution is 2.46. The molecule has 0 aliphatic carbocycles. The van der Waals surface area contributed by atoms with Crippen molar-refractivity contribution in [2.75, 3.05) is 50.9 Å². The highest BCUT2D eigenvalue weighted by molar-refractivity contribution is 6.30. The summed E-state index contributed by atoms with van der Waals surface area (Å²) in [5, 5.41) is 0.127. The summed E-state index contributed by atoms with van der Waals surface area (Å²) in [5.74, 6) is -3.02. The third-order valence-corrected chi connectivity index (χ3v) is 6.61. The fourth-order valence-electron chi connectivity index (χ4n) is 4.93. The van der Waals surface area contributed by atoms with E-state index in [1.165, 1.54) is 6.20 Å². The Kier molecular flexibility index (Phi) is 5.34. The lowest BCUT2D eigenvalue weighted by molar-refractivity contribution is 0.00804. The van der Waals surface area contributed by atoms with Gasteiger partial charge < -0.3 is 14.4 Å². The Morgan fingerprint density at radius 1 is 1.16 bits per heavy atom. The molecule has 1 unspecified atom stereocenters. The van der Waals surface area contributed by atoms with Crippen molar-refractivity contribution in [1.82, 2.24) is 19.9 Å². The van der Waals surface area contributed by atoms with Crippen LogP contribution in [0.15, 0.2) is 6.20 Å². The molecule has 5 rings (SSSR count). The summed E-state index contributed by atoms with van der Waals surface area (Å²) in [6.07, 6.45) is 3.44. The Morgan fingerprint density at radius 3 is 2.90 bits per heavy atom. The van der Waals surface area contributed by atoms with Gasteiger partial charge in [-0.3, -0.25) is 4.90 Å². The molecular formula is C20H23ClF3N5O2. The van der Waals surface area contributed by atoms with E-state index in [4.69, 9.17) is 21.1 Å². The van der Waals surface area contributed by atoms with Crippen molar-refractivity contribution in [3.8, 4) is 6.01 Å². The number of aromatic nitrogens is 3. The minimum atomic E-state index is -2.74. The first kappa shape index (κ1) is 21.0. The lowest BCUT2D eigenvalue weighted by atomic mass is 9.94. The monoisotopic (exact) mass is 457 g/mol. The zero-order valence-electron chi connectivity index (χ0n) is 16.9. The van der Waals surface area contributed by atoms with E-state index in [0.29, 0.717) is 50.5 Å². The van der Waals surface area contributed by atoms with Crippen LogP contribution in [0.2, 0.25) is 5.15 Å². The Hall–Kier alpha value is -1.91. The normalized spacial score (nSPS) is 26.3. The predicted octanol–water partition coefficient (Wildman–Crippen LogP) is 3.30. The van der Waals surface area contributed by atoms with Gasteiger partial charge in [-0.15, -0.1) is 0 Å². The van der Waals surface area contributed by atoms with Gasteiger partial charge >= 0.3 is 6.01 Å². The molecule has 5 heterocycles. The molecule has 168 valence electrons. The van der Waals surface area contributed by atoms with Gasteiger partial charge in [-0.25, -0.2) is 18.2 Å². The number of pyridine rings is 1. The van der Waals surface area contributed by atoms with Crippen molar-refractivity contribution in [2.45, 2.75) is 37.1 Å². The summed E-state index contributed by atoms with van der Waals surface area (Å²) in [7, 11) is 0. The number of nitrogens with zero attached hydrogens (tertiary/aromatic N) is 5. The van der Waals surface area contributed by atoms with Gasteiger partial charge in [0.25, 0.3) is 5.92 Å². The quantitative estimate of drug-likeness (QED) is 0.653. The van der Waals surface area contributed by atoms with Gasteiger partial charge in [0.1, 0.15) is 17.9 Å². The van der Waals surface area contributed by atoms with Gasteiger partial charge in [-0.05, 0) is 25.8 Å². The zero-order chi connectivity index (χ0) is 21.6. The minimum absolute atomic E-state index is 0.00250. The molecule has 0 radical (unpaired) electrons. The number of ether oxygens (including phenoxy) is 2. The van der Waals surface area contributed by atoms with Crippen LogP contribution in [0.4, 0.5) is 19.0 Å². The molecule has 7 nitrogen and oxygen atoms in total. The number of anilines is 1. The molecule has 0 aromatic carbocycles. The highest BCUT2D eigenvalue weighted by Gasteiger charge is 2.57. The number of hydrogen-bond donors (Lipinski definition) is 0. The second kappa shape index (κ2) is 7.90. The van der Waals surface area contributed by atoms with E-state index in [2.05, 4.69) is 15.0 Å².